The second kappa shape index (κ2) is 12.4. The van der Waals surface area contributed by atoms with Gasteiger partial charge >= 0.3 is 18.1 Å². The number of piperidine rings is 1. The lowest BCUT2D eigenvalue weighted by Gasteiger charge is -2.32. The Morgan fingerprint density at radius 2 is 1.62 bits per heavy atom. The number of carbonyl (C=O) groups is 2. The van der Waals surface area contributed by atoms with Crippen LogP contribution < -0.4 is 4.74 Å². The average Bonchev–Trinajstić information content (AvgIpc) is 3.81. The molecule has 8 nitrogen and oxygen atoms in total. The zero-order chi connectivity index (χ0) is 32.1. The fourth-order valence-electron chi connectivity index (χ4n) is 5.63. The Hall–Kier alpha value is -2.90. The standard InChI is InChI=1S/C31H33ClF4N2O6S/c32-26-13-21(19-1-2-19)5-6-22(26)16-37-11-9-18(10-12-37)17-43-28-15-27(33)25(14-24(28)20-3-4-20)29(39)38(44-30(40)31(34,35)36)45(41,42)23-7-8-23/h5-6,13-15,18-20,23H,1-4,7-12,16-17H2. The second-order valence-corrected chi connectivity index (χ2v) is 14.9. The molecular formula is C31H33ClF4N2O6S. The van der Waals surface area contributed by atoms with E-state index in [-0.39, 0.29) is 30.4 Å². The second-order valence-electron chi connectivity index (χ2n) is 12.5. The fraction of sp³-hybridized carbons (Fsp3) is 0.548. The Morgan fingerprint density at radius 3 is 2.20 bits per heavy atom. The highest BCUT2D eigenvalue weighted by atomic mass is 35.5. The molecule has 244 valence electrons. The molecule has 1 saturated heterocycles. The van der Waals surface area contributed by atoms with Crippen molar-refractivity contribution in [3.05, 3.63) is 63.4 Å². The van der Waals surface area contributed by atoms with Crippen molar-refractivity contribution in [1.82, 2.24) is 9.37 Å². The molecule has 3 saturated carbocycles. The Bertz CT molecular complexity index is 1580. The molecule has 0 aromatic heterocycles. The van der Waals surface area contributed by atoms with Crippen LogP contribution in [0.5, 0.6) is 5.75 Å². The smallest absolute Gasteiger partial charge is 0.493 e. The number of nitrogens with zero attached hydrogens (tertiary/aromatic N) is 2. The maximum Gasteiger partial charge on any atom is 0.493 e. The van der Waals surface area contributed by atoms with Gasteiger partial charge in [0.05, 0.1) is 17.4 Å². The molecule has 1 amide bonds. The van der Waals surface area contributed by atoms with Crippen molar-refractivity contribution in [1.29, 1.82) is 0 Å². The fourth-order valence-corrected chi connectivity index (χ4v) is 7.38. The number of benzene rings is 2. The van der Waals surface area contributed by atoms with E-state index in [1.165, 1.54) is 18.4 Å². The summed E-state index contributed by atoms with van der Waals surface area (Å²) < 4.78 is 84.9. The molecule has 0 spiro atoms. The predicted molar refractivity (Wildman–Crippen MR) is 156 cm³/mol. The number of carbonyl (C=O) groups excluding carboxylic acids is 2. The number of halogens is 5. The van der Waals surface area contributed by atoms with Crippen LogP contribution in [0.15, 0.2) is 30.3 Å². The van der Waals surface area contributed by atoms with Crippen LogP contribution >= 0.6 is 11.6 Å². The number of amides is 1. The van der Waals surface area contributed by atoms with Gasteiger partial charge in [-0.05, 0) is 111 Å². The minimum atomic E-state index is -5.57. The van der Waals surface area contributed by atoms with Gasteiger partial charge in [0.2, 0.25) is 0 Å². The molecule has 3 aliphatic carbocycles. The highest BCUT2D eigenvalue weighted by molar-refractivity contribution is 7.90. The summed E-state index contributed by atoms with van der Waals surface area (Å²) in [4.78, 5) is 31.0. The van der Waals surface area contributed by atoms with Crippen molar-refractivity contribution in [3.8, 4) is 5.75 Å². The molecule has 2 aromatic carbocycles. The van der Waals surface area contributed by atoms with E-state index in [0.29, 0.717) is 30.9 Å². The molecule has 1 aliphatic heterocycles. The molecular weight excluding hydrogens is 640 g/mol. The molecule has 0 N–H and O–H groups in total. The highest BCUT2D eigenvalue weighted by Crippen LogP contribution is 2.46. The summed E-state index contributed by atoms with van der Waals surface area (Å²) >= 11 is 6.55. The van der Waals surface area contributed by atoms with Crippen LogP contribution in [0.2, 0.25) is 5.02 Å². The first-order chi connectivity index (χ1) is 21.3. The molecule has 4 fully saturated rings. The van der Waals surface area contributed by atoms with Crippen molar-refractivity contribution < 1.29 is 45.1 Å². The van der Waals surface area contributed by atoms with E-state index < -0.39 is 49.2 Å². The Labute approximate surface area is 263 Å². The van der Waals surface area contributed by atoms with E-state index in [9.17, 15) is 31.2 Å². The minimum Gasteiger partial charge on any atom is -0.493 e. The van der Waals surface area contributed by atoms with Crippen LogP contribution in [-0.2, 0) is 26.2 Å². The van der Waals surface area contributed by atoms with Gasteiger partial charge in [-0.2, -0.15) is 13.2 Å². The van der Waals surface area contributed by atoms with Crippen LogP contribution in [0.4, 0.5) is 17.6 Å². The van der Waals surface area contributed by atoms with Crippen LogP contribution in [0.3, 0.4) is 0 Å². The maximum absolute atomic E-state index is 15.3. The average molecular weight is 673 g/mol. The number of hydroxylamine groups is 1. The first-order valence-corrected chi connectivity index (χ1v) is 17.0. The maximum atomic E-state index is 15.3. The van der Waals surface area contributed by atoms with Gasteiger partial charge in [0.1, 0.15) is 11.6 Å². The number of hydrogen-bond donors (Lipinski definition) is 0. The summed E-state index contributed by atoms with van der Waals surface area (Å²) in [6.45, 7) is 2.69. The molecule has 1 heterocycles. The molecule has 0 bridgehead atoms. The summed E-state index contributed by atoms with van der Waals surface area (Å²) in [5, 5.41) is -0.416. The topological polar surface area (TPSA) is 93.2 Å². The Balaban J connectivity index is 1.11. The minimum absolute atomic E-state index is 0.0679. The lowest BCUT2D eigenvalue weighted by atomic mass is 9.97. The van der Waals surface area contributed by atoms with Crippen molar-refractivity contribution in [3.63, 3.8) is 0 Å². The first kappa shape index (κ1) is 32.1. The monoisotopic (exact) mass is 672 g/mol. The third-order valence-corrected chi connectivity index (χ3v) is 11.2. The van der Waals surface area contributed by atoms with Gasteiger partial charge in [0.15, 0.2) is 0 Å². The molecule has 6 rings (SSSR count). The number of rotatable bonds is 10. The van der Waals surface area contributed by atoms with Gasteiger partial charge in [-0.25, -0.2) is 17.6 Å². The summed E-state index contributed by atoms with van der Waals surface area (Å²) in [7, 11) is -4.80. The van der Waals surface area contributed by atoms with E-state index in [2.05, 4.69) is 27.9 Å². The van der Waals surface area contributed by atoms with Crippen molar-refractivity contribution in [2.45, 2.75) is 81.2 Å². The summed E-state index contributed by atoms with van der Waals surface area (Å²) in [6, 6.07) is 8.39. The first-order valence-electron chi connectivity index (χ1n) is 15.2. The molecule has 0 radical (unpaired) electrons. The van der Waals surface area contributed by atoms with Gasteiger partial charge in [-0.15, -0.1) is 0 Å². The number of likely N-dealkylation sites (tertiary alicyclic amines) is 1. The van der Waals surface area contributed by atoms with Crippen LogP contribution in [0.1, 0.15) is 90.3 Å². The number of hydrogen-bond acceptors (Lipinski definition) is 7. The summed E-state index contributed by atoms with van der Waals surface area (Å²) in [6.07, 6.45) is 0.107. The van der Waals surface area contributed by atoms with Gasteiger partial charge in [-0.1, -0.05) is 28.2 Å². The third kappa shape index (κ3) is 7.41. The van der Waals surface area contributed by atoms with E-state index in [1.807, 2.05) is 0 Å². The molecule has 14 heteroatoms. The molecule has 0 atom stereocenters. The van der Waals surface area contributed by atoms with E-state index in [4.69, 9.17) is 16.3 Å². The Morgan fingerprint density at radius 1 is 0.956 bits per heavy atom. The highest BCUT2D eigenvalue weighted by Gasteiger charge is 2.50. The summed E-state index contributed by atoms with van der Waals surface area (Å²) in [5.41, 5.74) is 2.02. The van der Waals surface area contributed by atoms with Gasteiger partial charge in [-0.3, -0.25) is 9.69 Å². The normalized spacial score (nSPS) is 19.8. The van der Waals surface area contributed by atoms with E-state index in [0.717, 1.165) is 55.2 Å². The van der Waals surface area contributed by atoms with Crippen molar-refractivity contribution in [2.75, 3.05) is 19.7 Å². The molecule has 45 heavy (non-hydrogen) atoms. The summed E-state index contributed by atoms with van der Waals surface area (Å²) in [5.74, 6) is -4.87. The number of sulfonamides is 1. The van der Waals surface area contributed by atoms with Crippen molar-refractivity contribution >= 4 is 33.5 Å². The third-order valence-electron chi connectivity index (χ3n) is 8.79. The van der Waals surface area contributed by atoms with E-state index in [1.54, 1.807) is 0 Å². The van der Waals surface area contributed by atoms with Gasteiger partial charge in [0, 0.05) is 17.6 Å². The molecule has 4 aliphatic rings. The van der Waals surface area contributed by atoms with Gasteiger partial charge in [0.25, 0.3) is 10.0 Å². The van der Waals surface area contributed by atoms with Gasteiger partial charge < -0.3 is 9.57 Å². The lowest BCUT2D eigenvalue weighted by Crippen LogP contribution is -2.44. The lowest BCUT2D eigenvalue weighted by molar-refractivity contribution is -0.217. The molecule has 2 aromatic rings. The SMILES string of the molecule is O=C(c1cc(C2CC2)c(OCC2CCN(Cc3ccc(C4CC4)cc3Cl)CC2)cc1F)N(OC(=O)C(F)(F)F)S(=O)(=O)C1CC1. The largest absolute Gasteiger partial charge is 0.493 e. The molecule has 0 unspecified atom stereocenters. The number of alkyl halides is 3. The quantitative estimate of drug-likeness (QED) is 0.211. The zero-order valence-electron chi connectivity index (χ0n) is 24.3. The van der Waals surface area contributed by atoms with Crippen LogP contribution in [-0.4, -0.2) is 60.8 Å². The Kier molecular flexibility index (Phi) is 8.81. The van der Waals surface area contributed by atoms with Crippen LogP contribution in [0, 0.1) is 11.7 Å². The zero-order valence-corrected chi connectivity index (χ0v) is 25.9. The number of ether oxygens (including phenoxy) is 1. The van der Waals surface area contributed by atoms with Crippen LogP contribution in [0.25, 0.3) is 0 Å². The van der Waals surface area contributed by atoms with E-state index >= 15 is 4.39 Å². The predicted octanol–water partition coefficient (Wildman–Crippen LogP) is 6.48. The van der Waals surface area contributed by atoms with Crippen molar-refractivity contribution in [2.24, 2.45) is 5.92 Å².